The van der Waals surface area contributed by atoms with Gasteiger partial charge in [0, 0.05) is 34.7 Å². The molecule has 7 nitrogen and oxygen atoms in total. The Labute approximate surface area is 193 Å². The summed E-state index contributed by atoms with van der Waals surface area (Å²) in [7, 11) is 1.36. The van der Waals surface area contributed by atoms with Gasteiger partial charge in [-0.2, -0.15) is 0 Å². The van der Waals surface area contributed by atoms with Gasteiger partial charge in [-0.05, 0) is 37.8 Å². The second-order valence-corrected chi connectivity index (χ2v) is 10.6. The highest BCUT2D eigenvalue weighted by molar-refractivity contribution is 5.92. The molecule has 0 amide bonds. The Morgan fingerprint density at radius 2 is 1.94 bits per heavy atom. The van der Waals surface area contributed by atoms with Gasteiger partial charge in [-0.1, -0.05) is 31.1 Å². The van der Waals surface area contributed by atoms with Crippen LogP contribution < -0.4 is 0 Å². The summed E-state index contributed by atoms with van der Waals surface area (Å²) in [6.45, 7) is 8.17. The molecule has 0 radical (unpaired) electrons. The molecule has 5 rings (SSSR count). The summed E-state index contributed by atoms with van der Waals surface area (Å²) in [5, 5.41) is 11.6. The Balaban J connectivity index is 1.68. The Hall–Kier alpha value is -2.25. The molecule has 0 bridgehead atoms. The Bertz CT molecular complexity index is 1040. The van der Waals surface area contributed by atoms with Crippen LogP contribution in [0.3, 0.4) is 0 Å². The van der Waals surface area contributed by atoms with Gasteiger partial charge in [-0.25, -0.2) is 4.79 Å². The predicted molar refractivity (Wildman–Crippen MR) is 118 cm³/mol. The number of fused-ring (bicyclic) bond motifs is 4. The minimum absolute atomic E-state index is 0.0315. The molecule has 2 heterocycles. The first kappa shape index (κ1) is 22.5. The third kappa shape index (κ3) is 2.78. The van der Waals surface area contributed by atoms with E-state index in [1.165, 1.54) is 7.11 Å². The van der Waals surface area contributed by atoms with Crippen molar-refractivity contribution in [2.24, 2.45) is 28.6 Å². The fourth-order valence-corrected chi connectivity index (χ4v) is 7.91. The first-order valence-corrected chi connectivity index (χ1v) is 11.7. The first-order valence-electron chi connectivity index (χ1n) is 11.7. The fraction of sp³-hybridized carbons (Fsp3) is 0.654. The number of aliphatic hydroxyl groups excluding tert-OH is 1. The molecule has 33 heavy (non-hydrogen) atoms. The summed E-state index contributed by atoms with van der Waals surface area (Å²) in [6, 6.07) is 0. The Morgan fingerprint density at radius 3 is 2.58 bits per heavy atom. The van der Waals surface area contributed by atoms with Crippen molar-refractivity contribution >= 4 is 17.7 Å². The molecule has 0 spiro atoms. The van der Waals surface area contributed by atoms with Crippen LogP contribution in [0.15, 0.2) is 34.4 Å². The van der Waals surface area contributed by atoms with E-state index in [-0.39, 0.29) is 49.2 Å². The summed E-state index contributed by atoms with van der Waals surface area (Å²) in [6.07, 6.45) is 2.94. The highest BCUT2D eigenvalue weighted by Gasteiger charge is 2.71. The lowest BCUT2D eigenvalue weighted by molar-refractivity contribution is -0.189. The molecule has 0 aromatic rings. The molecule has 7 heteroatoms. The summed E-state index contributed by atoms with van der Waals surface area (Å²) < 4.78 is 16.8. The number of carbonyl (C=O) groups excluding carboxylic acids is 3. The molecule has 1 saturated carbocycles. The van der Waals surface area contributed by atoms with Crippen LogP contribution in [0, 0.1) is 28.6 Å². The predicted octanol–water partition coefficient (Wildman–Crippen LogP) is 2.68. The largest absolute Gasteiger partial charge is 0.469 e. The van der Waals surface area contributed by atoms with Crippen molar-refractivity contribution in [3.05, 3.63) is 34.4 Å². The third-order valence-electron chi connectivity index (χ3n) is 9.38. The SMILES string of the molecule is COC(=O)CC1C2(C)C3=C(C)C(C4=CCOC4=O)CC3OC2C(O)C2C(C)=CCC(=O)C21C. The maximum atomic E-state index is 13.5. The zero-order chi connectivity index (χ0) is 23.9. The Kier molecular flexibility index (Phi) is 5.04. The van der Waals surface area contributed by atoms with Crippen LogP contribution in [-0.2, 0) is 28.6 Å². The van der Waals surface area contributed by atoms with Crippen LogP contribution in [0.1, 0.15) is 47.0 Å². The van der Waals surface area contributed by atoms with Crippen molar-refractivity contribution in [2.75, 3.05) is 13.7 Å². The number of ketones is 1. The maximum Gasteiger partial charge on any atom is 0.334 e. The van der Waals surface area contributed by atoms with Gasteiger partial charge >= 0.3 is 11.9 Å². The lowest BCUT2D eigenvalue weighted by Crippen LogP contribution is -2.65. The number of hydrogen-bond acceptors (Lipinski definition) is 7. The number of esters is 2. The molecule has 5 aliphatic rings. The van der Waals surface area contributed by atoms with E-state index in [1.54, 1.807) is 0 Å². The third-order valence-corrected chi connectivity index (χ3v) is 9.38. The maximum absolute atomic E-state index is 13.5. The van der Waals surface area contributed by atoms with Crippen molar-refractivity contribution < 1.29 is 33.7 Å². The summed E-state index contributed by atoms with van der Waals surface area (Å²) in [5.41, 5.74) is 1.96. The average molecular weight is 457 g/mol. The monoisotopic (exact) mass is 456 g/mol. The summed E-state index contributed by atoms with van der Waals surface area (Å²) >= 11 is 0. The first-order chi connectivity index (χ1) is 15.6. The molecule has 8 unspecified atom stereocenters. The molecule has 1 saturated heterocycles. The van der Waals surface area contributed by atoms with E-state index in [9.17, 15) is 19.5 Å². The summed E-state index contributed by atoms with van der Waals surface area (Å²) in [4.78, 5) is 38.5. The highest BCUT2D eigenvalue weighted by Crippen LogP contribution is 2.68. The number of cyclic esters (lactones) is 1. The van der Waals surface area contributed by atoms with E-state index >= 15 is 0 Å². The van der Waals surface area contributed by atoms with Crippen molar-refractivity contribution in [1.29, 1.82) is 0 Å². The van der Waals surface area contributed by atoms with E-state index in [4.69, 9.17) is 14.2 Å². The zero-order valence-corrected chi connectivity index (χ0v) is 19.8. The van der Waals surface area contributed by atoms with Gasteiger partial charge in [0.1, 0.15) is 12.4 Å². The smallest absolute Gasteiger partial charge is 0.334 e. The van der Waals surface area contributed by atoms with Crippen LogP contribution in [0.5, 0.6) is 0 Å². The van der Waals surface area contributed by atoms with Gasteiger partial charge in [0.05, 0.1) is 31.8 Å². The Morgan fingerprint density at radius 1 is 1.21 bits per heavy atom. The molecule has 1 N–H and O–H groups in total. The molecular formula is C26H32O7. The van der Waals surface area contributed by atoms with E-state index in [1.807, 2.05) is 39.8 Å². The molecule has 3 aliphatic carbocycles. The molecule has 178 valence electrons. The van der Waals surface area contributed by atoms with Crippen molar-refractivity contribution in [3.63, 3.8) is 0 Å². The number of Topliss-reactive ketones (excluding diaryl/α,β-unsaturated/α-hetero) is 1. The molecule has 0 aromatic heterocycles. The number of carbonyl (C=O) groups is 3. The van der Waals surface area contributed by atoms with E-state index in [0.717, 1.165) is 16.7 Å². The molecule has 2 fully saturated rings. The number of hydrogen-bond donors (Lipinski definition) is 1. The van der Waals surface area contributed by atoms with Gasteiger partial charge in [-0.3, -0.25) is 9.59 Å². The second kappa shape index (κ2) is 7.37. The number of rotatable bonds is 3. The topological polar surface area (TPSA) is 99.1 Å². The van der Waals surface area contributed by atoms with Gasteiger partial charge < -0.3 is 19.3 Å². The van der Waals surface area contributed by atoms with Gasteiger partial charge in [-0.15, -0.1) is 0 Å². The molecule has 2 aliphatic heterocycles. The van der Waals surface area contributed by atoms with Crippen molar-refractivity contribution in [2.45, 2.75) is 65.3 Å². The van der Waals surface area contributed by atoms with Gasteiger partial charge in [0.15, 0.2) is 0 Å². The quantitative estimate of drug-likeness (QED) is 0.515. The minimum Gasteiger partial charge on any atom is -0.469 e. The minimum atomic E-state index is -0.938. The van der Waals surface area contributed by atoms with Crippen LogP contribution in [-0.4, -0.2) is 54.9 Å². The number of allylic oxidation sites excluding steroid dienone is 2. The van der Waals surface area contributed by atoms with Gasteiger partial charge in [0.2, 0.25) is 0 Å². The molecule has 8 atom stereocenters. The standard InChI is InChI=1S/C26H32O7/c1-12-6-7-18(27)25(3)17(11-19(28)31-5)26(4)21-13(2)15(14-8-9-32-24(14)30)10-16(21)33-23(26)22(29)20(12)25/h6,8,15-17,20,22-23,29H,7,9-11H2,1-5H3. The highest BCUT2D eigenvalue weighted by atomic mass is 16.5. The van der Waals surface area contributed by atoms with Crippen molar-refractivity contribution in [3.8, 4) is 0 Å². The van der Waals surface area contributed by atoms with E-state index < -0.39 is 34.9 Å². The molecular weight excluding hydrogens is 424 g/mol. The van der Waals surface area contributed by atoms with Crippen LogP contribution in [0.2, 0.25) is 0 Å². The lowest BCUT2D eigenvalue weighted by Gasteiger charge is -2.59. The summed E-state index contributed by atoms with van der Waals surface area (Å²) in [5.74, 6) is -1.60. The van der Waals surface area contributed by atoms with Crippen LogP contribution >= 0.6 is 0 Å². The lowest BCUT2D eigenvalue weighted by atomic mass is 9.44. The van der Waals surface area contributed by atoms with E-state index in [2.05, 4.69) is 0 Å². The molecule has 0 aromatic carbocycles. The van der Waals surface area contributed by atoms with Crippen LogP contribution in [0.4, 0.5) is 0 Å². The average Bonchev–Trinajstić information content (AvgIpc) is 3.42. The number of methoxy groups -OCH3 is 1. The zero-order valence-electron chi connectivity index (χ0n) is 19.8. The second-order valence-electron chi connectivity index (χ2n) is 10.6. The van der Waals surface area contributed by atoms with E-state index in [0.29, 0.717) is 12.0 Å². The number of ether oxygens (including phenoxy) is 3. The van der Waals surface area contributed by atoms with Crippen LogP contribution in [0.25, 0.3) is 0 Å². The van der Waals surface area contributed by atoms with Crippen molar-refractivity contribution in [1.82, 2.24) is 0 Å². The normalized spacial score (nSPS) is 44.1. The number of aliphatic hydroxyl groups is 1. The fourth-order valence-electron chi connectivity index (χ4n) is 7.91. The van der Waals surface area contributed by atoms with Gasteiger partial charge in [0.25, 0.3) is 0 Å².